The van der Waals surface area contributed by atoms with Crippen LogP contribution < -0.4 is 5.73 Å². The minimum Gasteiger partial charge on any atom is -0.398 e. The molecule has 2 heterocycles. The molecule has 16 heavy (non-hydrogen) atoms. The lowest BCUT2D eigenvalue weighted by molar-refractivity contribution is 0.945. The van der Waals surface area contributed by atoms with Gasteiger partial charge in [-0.15, -0.1) is 0 Å². The molecule has 4 heteroatoms. The fraction of sp³-hybridized carbons (Fsp3) is 0.0833. The van der Waals surface area contributed by atoms with Gasteiger partial charge in [-0.3, -0.25) is 5.10 Å². The molecule has 0 aliphatic rings. The van der Waals surface area contributed by atoms with Crippen LogP contribution in [0.1, 0.15) is 5.69 Å². The van der Waals surface area contributed by atoms with Crippen molar-refractivity contribution in [3.8, 4) is 11.3 Å². The molecular weight excluding hydrogens is 200 g/mol. The third-order valence-electron chi connectivity index (χ3n) is 2.61. The second-order valence-electron chi connectivity index (χ2n) is 3.88. The lowest BCUT2D eigenvalue weighted by Gasteiger charge is -1.99. The van der Waals surface area contributed by atoms with Crippen molar-refractivity contribution in [2.75, 3.05) is 5.73 Å². The van der Waals surface area contributed by atoms with Gasteiger partial charge in [0.25, 0.3) is 0 Å². The summed E-state index contributed by atoms with van der Waals surface area (Å²) in [5.74, 6) is 0. The summed E-state index contributed by atoms with van der Waals surface area (Å²) >= 11 is 0. The van der Waals surface area contributed by atoms with Crippen molar-refractivity contribution < 1.29 is 0 Å². The van der Waals surface area contributed by atoms with Gasteiger partial charge in [0, 0.05) is 23.0 Å². The van der Waals surface area contributed by atoms with Crippen molar-refractivity contribution in [2.45, 2.75) is 6.92 Å². The number of H-pyrrole nitrogens is 1. The molecule has 3 N–H and O–H groups in total. The third kappa shape index (κ3) is 1.27. The number of nitrogens with two attached hydrogens (primary N) is 1. The smallest absolute Gasteiger partial charge is 0.153 e. The van der Waals surface area contributed by atoms with Crippen LogP contribution >= 0.6 is 0 Å². The first-order valence-electron chi connectivity index (χ1n) is 5.13. The van der Waals surface area contributed by atoms with Gasteiger partial charge in [-0.2, -0.15) is 0 Å². The predicted molar refractivity (Wildman–Crippen MR) is 64.1 cm³/mol. The summed E-state index contributed by atoms with van der Waals surface area (Å²) in [6, 6.07) is 9.75. The minimum absolute atomic E-state index is 0.750. The first-order chi connectivity index (χ1) is 7.74. The monoisotopic (exact) mass is 212 g/mol. The molecule has 0 saturated heterocycles. The normalized spacial score (nSPS) is 11.1. The summed E-state index contributed by atoms with van der Waals surface area (Å²) in [7, 11) is 0. The van der Waals surface area contributed by atoms with Crippen LogP contribution in [0.3, 0.4) is 0 Å². The first-order valence-corrected chi connectivity index (χ1v) is 5.13. The summed E-state index contributed by atoms with van der Waals surface area (Å²) in [5, 5.41) is 3.18. The third-order valence-corrected chi connectivity index (χ3v) is 2.61. The van der Waals surface area contributed by atoms with E-state index in [1.54, 1.807) is 0 Å². The number of nitrogens with zero attached hydrogens (tertiary/aromatic N) is 2. The van der Waals surface area contributed by atoms with Crippen molar-refractivity contribution in [3.63, 3.8) is 0 Å². The van der Waals surface area contributed by atoms with Crippen LogP contribution in [-0.2, 0) is 0 Å². The van der Waals surface area contributed by atoms with E-state index >= 15 is 0 Å². The van der Waals surface area contributed by atoms with E-state index in [2.05, 4.69) is 10.1 Å². The summed E-state index contributed by atoms with van der Waals surface area (Å²) in [6.45, 7) is 2.01. The molecule has 3 rings (SSSR count). The first kappa shape index (κ1) is 9.03. The second-order valence-corrected chi connectivity index (χ2v) is 3.88. The number of para-hydroxylation sites is 1. The fourth-order valence-corrected chi connectivity index (χ4v) is 1.86. The van der Waals surface area contributed by atoms with Crippen LogP contribution in [0.15, 0.2) is 36.5 Å². The lowest BCUT2D eigenvalue weighted by atomic mass is 10.1. The highest BCUT2D eigenvalue weighted by molar-refractivity contribution is 5.74. The van der Waals surface area contributed by atoms with Crippen molar-refractivity contribution >= 4 is 11.3 Å². The minimum atomic E-state index is 0.750. The van der Waals surface area contributed by atoms with Crippen molar-refractivity contribution in [2.24, 2.45) is 0 Å². The number of fused-ring (bicyclic) bond motifs is 1. The van der Waals surface area contributed by atoms with E-state index < -0.39 is 0 Å². The average molecular weight is 212 g/mol. The molecule has 0 unspecified atom stereocenters. The number of aromatic nitrogens is 3. The molecule has 2 aromatic heterocycles. The number of nitrogen functional groups attached to an aromatic ring is 1. The molecule has 0 fully saturated rings. The van der Waals surface area contributed by atoms with Crippen LogP contribution in [0.2, 0.25) is 0 Å². The second kappa shape index (κ2) is 3.13. The molecule has 0 saturated carbocycles. The number of rotatable bonds is 1. The number of aromatic amines is 1. The number of benzene rings is 1. The van der Waals surface area contributed by atoms with E-state index in [0.717, 1.165) is 28.3 Å². The van der Waals surface area contributed by atoms with Gasteiger partial charge in [-0.05, 0) is 13.0 Å². The van der Waals surface area contributed by atoms with Gasteiger partial charge in [-0.25, -0.2) is 9.50 Å². The van der Waals surface area contributed by atoms with Crippen LogP contribution in [0.5, 0.6) is 0 Å². The summed E-state index contributed by atoms with van der Waals surface area (Å²) in [4.78, 5) is 4.52. The number of hydrogen-bond donors (Lipinski definition) is 2. The zero-order valence-electron chi connectivity index (χ0n) is 8.94. The molecule has 0 bridgehead atoms. The summed E-state index contributed by atoms with van der Waals surface area (Å²) in [5.41, 5.74) is 10.5. The highest BCUT2D eigenvalue weighted by Gasteiger charge is 2.07. The SMILES string of the molecule is Cc1cc2nc(-c3ccccc3N)cn2[nH]1. The maximum Gasteiger partial charge on any atom is 0.153 e. The Morgan fingerprint density at radius 2 is 2.12 bits per heavy atom. The van der Waals surface area contributed by atoms with E-state index in [1.807, 2.05) is 48.0 Å². The Bertz CT molecular complexity index is 616. The lowest BCUT2D eigenvalue weighted by Crippen LogP contribution is -1.89. The van der Waals surface area contributed by atoms with Crippen molar-refractivity contribution in [1.29, 1.82) is 0 Å². The Morgan fingerprint density at radius 3 is 2.88 bits per heavy atom. The van der Waals surface area contributed by atoms with Gasteiger partial charge in [0.1, 0.15) is 0 Å². The fourth-order valence-electron chi connectivity index (χ4n) is 1.86. The highest BCUT2D eigenvalue weighted by Crippen LogP contribution is 2.24. The largest absolute Gasteiger partial charge is 0.398 e. The van der Waals surface area contributed by atoms with Gasteiger partial charge in [0.05, 0.1) is 11.9 Å². The van der Waals surface area contributed by atoms with Crippen LogP contribution in [0, 0.1) is 6.92 Å². The molecular formula is C12H12N4. The Hall–Kier alpha value is -2.23. The standard InChI is InChI=1S/C12H12N4/c1-8-6-12-14-11(7-16(12)15-8)9-4-2-3-5-10(9)13/h2-7,15H,13H2,1H3. The maximum absolute atomic E-state index is 5.91. The topological polar surface area (TPSA) is 59.1 Å². The van der Waals surface area contributed by atoms with Crippen molar-refractivity contribution in [1.82, 2.24) is 14.6 Å². The molecule has 4 nitrogen and oxygen atoms in total. The van der Waals surface area contributed by atoms with Gasteiger partial charge in [0.15, 0.2) is 5.65 Å². The predicted octanol–water partition coefficient (Wildman–Crippen LogP) is 2.22. The van der Waals surface area contributed by atoms with Gasteiger partial charge in [0.2, 0.25) is 0 Å². The van der Waals surface area contributed by atoms with E-state index in [9.17, 15) is 0 Å². The average Bonchev–Trinajstić information content (AvgIpc) is 2.75. The zero-order chi connectivity index (χ0) is 11.1. The Morgan fingerprint density at radius 1 is 1.31 bits per heavy atom. The van der Waals surface area contributed by atoms with Crippen LogP contribution in [-0.4, -0.2) is 14.6 Å². The molecule has 0 aliphatic carbocycles. The molecule has 0 spiro atoms. The number of hydrogen-bond acceptors (Lipinski definition) is 2. The Kier molecular flexibility index (Phi) is 1.77. The van der Waals surface area contributed by atoms with Crippen LogP contribution in [0.25, 0.3) is 16.9 Å². The highest BCUT2D eigenvalue weighted by atomic mass is 15.3. The van der Waals surface area contributed by atoms with Crippen LogP contribution in [0.4, 0.5) is 5.69 Å². The molecule has 80 valence electrons. The Balaban J connectivity index is 2.19. The van der Waals surface area contributed by atoms with E-state index in [4.69, 9.17) is 5.73 Å². The number of nitrogens with one attached hydrogen (secondary N) is 1. The van der Waals surface area contributed by atoms with E-state index in [-0.39, 0.29) is 0 Å². The summed E-state index contributed by atoms with van der Waals surface area (Å²) in [6.07, 6.45) is 1.95. The van der Waals surface area contributed by atoms with Crippen molar-refractivity contribution in [3.05, 3.63) is 42.2 Å². The van der Waals surface area contributed by atoms with E-state index in [1.165, 1.54) is 0 Å². The molecule has 3 aromatic rings. The molecule has 0 atom stereocenters. The molecule has 0 radical (unpaired) electrons. The van der Waals surface area contributed by atoms with E-state index in [0.29, 0.717) is 0 Å². The maximum atomic E-state index is 5.91. The number of aryl methyl sites for hydroxylation is 1. The van der Waals surface area contributed by atoms with Gasteiger partial charge >= 0.3 is 0 Å². The molecule has 0 aliphatic heterocycles. The Labute approximate surface area is 92.7 Å². The number of anilines is 1. The van der Waals surface area contributed by atoms with Gasteiger partial charge in [-0.1, -0.05) is 18.2 Å². The zero-order valence-corrected chi connectivity index (χ0v) is 8.94. The molecule has 1 aromatic carbocycles. The molecule has 0 amide bonds. The van der Waals surface area contributed by atoms with Gasteiger partial charge < -0.3 is 5.73 Å². The number of imidazole rings is 1. The summed E-state index contributed by atoms with van der Waals surface area (Å²) < 4.78 is 1.90. The quantitative estimate of drug-likeness (QED) is 0.607.